The molecule has 20 heavy (non-hydrogen) atoms. The first-order valence-corrected chi connectivity index (χ1v) is 7.33. The molecule has 0 spiro atoms. The predicted octanol–water partition coefficient (Wildman–Crippen LogP) is 5.39. The van der Waals surface area contributed by atoms with Gasteiger partial charge in [0.1, 0.15) is 0 Å². The van der Waals surface area contributed by atoms with Gasteiger partial charge in [0.25, 0.3) is 0 Å². The minimum atomic E-state index is 0.315. The molecule has 0 aliphatic carbocycles. The summed E-state index contributed by atoms with van der Waals surface area (Å²) in [6.45, 7) is 16.0. The molecule has 1 aromatic carbocycles. The van der Waals surface area contributed by atoms with Gasteiger partial charge in [-0.05, 0) is 32.0 Å². The average Bonchev–Trinajstić information content (AvgIpc) is 2.53. The van der Waals surface area contributed by atoms with Crippen molar-refractivity contribution < 1.29 is 0 Å². The summed E-state index contributed by atoms with van der Waals surface area (Å²) in [4.78, 5) is 2.34. The number of rotatable bonds is 6. The highest BCUT2D eigenvalue weighted by Gasteiger charge is 2.18. The van der Waals surface area contributed by atoms with Gasteiger partial charge in [-0.25, -0.2) is 0 Å². The van der Waals surface area contributed by atoms with Crippen LogP contribution in [-0.2, 0) is 0 Å². The highest BCUT2D eigenvalue weighted by molar-refractivity contribution is 5.27. The van der Waals surface area contributed by atoms with Gasteiger partial charge in [-0.3, -0.25) is 4.90 Å². The van der Waals surface area contributed by atoms with Crippen LogP contribution < -0.4 is 0 Å². The second kappa shape index (κ2) is 10.2. The maximum Gasteiger partial charge on any atom is 0.0322 e. The van der Waals surface area contributed by atoms with Gasteiger partial charge in [-0.1, -0.05) is 75.6 Å². The van der Waals surface area contributed by atoms with Crippen molar-refractivity contribution in [2.24, 2.45) is 0 Å². The molecule has 1 heteroatoms. The summed E-state index contributed by atoms with van der Waals surface area (Å²) in [6.07, 6.45) is 5.74. The fourth-order valence-corrected chi connectivity index (χ4v) is 2.05. The molecule has 0 N–H and O–H groups in total. The number of nitrogens with zero attached hydrogens (tertiary/aromatic N) is 1. The highest BCUT2D eigenvalue weighted by atomic mass is 15.1. The molecule has 0 aliphatic heterocycles. The second-order valence-electron chi connectivity index (χ2n) is 4.53. The van der Waals surface area contributed by atoms with Gasteiger partial charge >= 0.3 is 0 Å². The monoisotopic (exact) mass is 271 g/mol. The van der Waals surface area contributed by atoms with E-state index < -0.39 is 0 Å². The molecular formula is C19H29N. The van der Waals surface area contributed by atoms with Crippen LogP contribution in [0.1, 0.15) is 39.3 Å². The van der Waals surface area contributed by atoms with E-state index in [0.717, 1.165) is 0 Å². The maximum absolute atomic E-state index is 3.87. The Balaban J connectivity index is 0.00000172. The molecule has 0 radical (unpaired) electrons. The Hall–Kier alpha value is -1.60. The molecule has 0 fully saturated rings. The van der Waals surface area contributed by atoms with Gasteiger partial charge in [-0.2, -0.15) is 0 Å². The minimum absolute atomic E-state index is 0.315. The molecule has 2 atom stereocenters. The molecule has 0 saturated carbocycles. The van der Waals surface area contributed by atoms with Crippen molar-refractivity contribution in [2.75, 3.05) is 7.05 Å². The van der Waals surface area contributed by atoms with Crippen LogP contribution in [0.25, 0.3) is 0 Å². The normalized spacial score (nSPS) is 14.0. The number of hydrogen-bond acceptors (Lipinski definition) is 1. The Kier molecular flexibility index (Phi) is 9.40. The minimum Gasteiger partial charge on any atom is -0.293 e. The van der Waals surface area contributed by atoms with Crippen molar-refractivity contribution in [3.05, 3.63) is 72.9 Å². The van der Waals surface area contributed by atoms with Crippen LogP contribution >= 0.6 is 0 Å². The number of likely N-dealkylation sites (N-methyl/N-ethyl adjacent to an activating group) is 1. The van der Waals surface area contributed by atoms with Crippen molar-refractivity contribution in [3.63, 3.8) is 0 Å². The zero-order valence-corrected chi connectivity index (χ0v) is 13.6. The Labute approximate surface area is 125 Å². The first kappa shape index (κ1) is 18.4. The zero-order chi connectivity index (χ0) is 15.5. The van der Waals surface area contributed by atoms with Gasteiger partial charge in [0.2, 0.25) is 0 Å². The topological polar surface area (TPSA) is 3.24 Å². The fraction of sp³-hybridized carbons (Fsp3) is 0.368. The average molecular weight is 271 g/mol. The molecule has 110 valence electrons. The van der Waals surface area contributed by atoms with E-state index in [1.807, 2.05) is 38.1 Å². The van der Waals surface area contributed by atoms with Crippen LogP contribution in [0, 0.1) is 0 Å². The lowest BCUT2D eigenvalue weighted by molar-refractivity contribution is 0.223. The van der Waals surface area contributed by atoms with Gasteiger partial charge in [0.15, 0.2) is 0 Å². The van der Waals surface area contributed by atoms with Crippen LogP contribution in [0.2, 0.25) is 0 Å². The molecule has 0 bridgehead atoms. The fourth-order valence-electron chi connectivity index (χ4n) is 2.05. The largest absolute Gasteiger partial charge is 0.293 e. The van der Waals surface area contributed by atoms with Crippen LogP contribution in [0.5, 0.6) is 0 Å². The third-order valence-electron chi connectivity index (χ3n) is 3.53. The standard InChI is InChI=1S/C17H23N.C2H6/c1-6-11-16(7-2)14(3)18(5)15(4)17-12-9-8-10-13-17;1-2/h6-15H,1-2H2,3-5H3;1-2H3/b16-11+;/t14-,15-;/m1./s1. The number of hydrogen-bond donors (Lipinski definition) is 0. The Bertz CT molecular complexity index is 417. The Morgan fingerprint density at radius 2 is 1.65 bits per heavy atom. The lowest BCUT2D eigenvalue weighted by atomic mass is 10.0. The number of allylic oxidation sites excluding steroid dienone is 2. The van der Waals surface area contributed by atoms with E-state index in [1.54, 1.807) is 0 Å². The zero-order valence-electron chi connectivity index (χ0n) is 13.6. The van der Waals surface area contributed by atoms with E-state index >= 15 is 0 Å². The maximum atomic E-state index is 3.87. The summed E-state index contributed by atoms with van der Waals surface area (Å²) in [5, 5.41) is 0. The van der Waals surface area contributed by atoms with Crippen molar-refractivity contribution in [1.82, 2.24) is 4.90 Å². The predicted molar refractivity (Wildman–Crippen MR) is 91.9 cm³/mol. The van der Waals surface area contributed by atoms with Crippen LogP contribution in [0.15, 0.2) is 67.3 Å². The summed E-state index contributed by atoms with van der Waals surface area (Å²) in [5.41, 5.74) is 2.52. The Morgan fingerprint density at radius 1 is 1.10 bits per heavy atom. The third kappa shape index (κ3) is 5.18. The molecular weight excluding hydrogens is 242 g/mol. The summed E-state index contributed by atoms with van der Waals surface area (Å²) < 4.78 is 0. The van der Waals surface area contributed by atoms with E-state index in [0.29, 0.717) is 12.1 Å². The molecule has 0 heterocycles. The Morgan fingerprint density at radius 3 is 2.10 bits per heavy atom. The molecule has 0 aromatic heterocycles. The molecule has 0 saturated heterocycles. The van der Waals surface area contributed by atoms with Crippen LogP contribution in [0.4, 0.5) is 0 Å². The van der Waals surface area contributed by atoms with Gasteiger partial charge in [0, 0.05) is 12.1 Å². The SMILES string of the molecule is C=C/C=C(\C=C)[C@@H](C)N(C)[C@H](C)c1ccccc1.CC. The van der Waals surface area contributed by atoms with Gasteiger partial charge in [-0.15, -0.1) is 0 Å². The summed E-state index contributed by atoms with van der Waals surface area (Å²) in [7, 11) is 2.14. The third-order valence-corrected chi connectivity index (χ3v) is 3.53. The molecule has 0 amide bonds. The summed E-state index contributed by atoms with van der Waals surface area (Å²) >= 11 is 0. The van der Waals surface area contributed by atoms with E-state index in [9.17, 15) is 0 Å². The van der Waals surface area contributed by atoms with Gasteiger partial charge in [0.05, 0.1) is 0 Å². The number of benzene rings is 1. The molecule has 1 rings (SSSR count). The summed E-state index contributed by atoms with van der Waals surface area (Å²) in [5.74, 6) is 0. The van der Waals surface area contributed by atoms with Crippen LogP contribution in [-0.4, -0.2) is 18.0 Å². The smallest absolute Gasteiger partial charge is 0.0322 e. The molecule has 1 nitrogen and oxygen atoms in total. The van der Waals surface area contributed by atoms with Crippen molar-refractivity contribution in [3.8, 4) is 0 Å². The molecule has 0 unspecified atom stereocenters. The van der Waals surface area contributed by atoms with Crippen molar-refractivity contribution >= 4 is 0 Å². The van der Waals surface area contributed by atoms with E-state index in [2.05, 4.69) is 63.2 Å². The van der Waals surface area contributed by atoms with Gasteiger partial charge < -0.3 is 0 Å². The first-order chi connectivity index (χ1) is 9.61. The van der Waals surface area contributed by atoms with Crippen molar-refractivity contribution in [1.29, 1.82) is 0 Å². The van der Waals surface area contributed by atoms with E-state index in [-0.39, 0.29) is 0 Å². The second-order valence-corrected chi connectivity index (χ2v) is 4.53. The molecule has 0 aliphatic rings. The van der Waals surface area contributed by atoms with Crippen molar-refractivity contribution in [2.45, 2.75) is 39.8 Å². The first-order valence-electron chi connectivity index (χ1n) is 7.33. The lowest BCUT2D eigenvalue weighted by Gasteiger charge is -2.32. The lowest BCUT2D eigenvalue weighted by Crippen LogP contribution is -2.32. The molecule has 1 aromatic rings. The highest BCUT2D eigenvalue weighted by Crippen LogP contribution is 2.23. The quantitative estimate of drug-likeness (QED) is 0.627. The van der Waals surface area contributed by atoms with E-state index in [4.69, 9.17) is 0 Å². The van der Waals surface area contributed by atoms with E-state index in [1.165, 1.54) is 11.1 Å². The summed E-state index contributed by atoms with van der Waals surface area (Å²) in [6, 6.07) is 11.2. The van der Waals surface area contributed by atoms with Crippen LogP contribution in [0.3, 0.4) is 0 Å².